The second kappa shape index (κ2) is 7.21. The molecular weight excluding hydrogens is 284 g/mol. The van der Waals surface area contributed by atoms with Gasteiger partial charge in [-0.05, 0) is 18.1 Å². The Hall–Kier alpha value is -1.66. The molecule has 0 aliphatic carbocycles. The van der Waals surface area contributed by atoms with Crippen molar-refractivity contribution in [2.45, 2.75) is 26.4 Å². The lowest BCUT2D eigenvalue weighted by molar-refractivity contribution is -0.384. The first kappa shape index (κ1) is 16.4. The minimum absolute atomic E-state index is 0.0794. The normalized spacial score (nSPS) is 13.6. The van der Waals surface area contributed by atoms with Gasteiger partial charge >= 0.3 is 0 Å². The number of nitro groups is 1. The number of nitro benzene ring substituents is 1. The molecule has 0 bridgehead atoms. The van der Waals surface area contributed by atoms with E-state index in [0.29, 0.717) is 0 Å². The van der Waals surface area contributed by atoms with E-state index in [1.165, 1.54) is 18.2 Å². The summed E-state index contributed by atoms with van der Waals surface area (Å²) in [5.74, 6) is -0.347. The zero-order chi connectivity index (χ0) is 15.3. The molecule has 0 unspecified atom stereocenters. The number of carbonyl (C=O) groups excluding carboxylic acids is 1. The maximum Gasteiger partial charge on any atom is 0.287 e. The number of benzene rings is 1. The highest BCUT2D eigenvalue weighted by molar-refractivity contribution is 6.33. The summed E-state index contributed by atoms with van der Waals surface area (Å²) in [6, 6.07) is 3.75. The summed E-state index contributed by atoms with van der Waals surface area (Å²) in [5, 5.41) is 22.8. The fourth-order valence-electron chi connectivity index (χ4n) is 1.57. The number of hydrogen-bond donors (Lipinski definition) is 2. The molecule has 0 saturated heterocycles. The summed E-state index contributed by atoms with van der Waals surface area (Å²) in [4.78, 5) is 21.8. The van der Waals surface area contributed by atoms with Crippen molar-refractivity contribution in [2.24, 2.45) is 5.92 Å². The molecule has 0 aromatic heterocycles. The molecule has 2 N–H and O–H groups in total. The number of nitrogens with one attached hydrogen (secondary N) is 1. The first-order valence-corrected chi connectivity index (χ1v) is 6.64. The third-order valence-corrected chi connectivity index (χ3v) is 3.48. The van der Waals surface area contributed by atoms with Crippen molar-refractivity contribution in [2.75, 3.05) is 6.54 Å². The van der Waals surface area contributed by atoms with E-state index in [0.717, 1.165) is 6.42 Å². The second-order valence-corrected chi connectivity index (χ2v) is 4.99. The van der Waals surface area contributed by atoms with Crippen LogP contribution in [-0.2, 0) is 0 Å². The van der Waals surface area contributed by atoms with Crippen molar-refractivity contribution in [3.05, 3.63) is 38.9 Å². The van der Waals surface area contributed by atoms with Gasteiger partial charge in [0.2, 0.25) is 0 Å². The average molecular weight is 301 g/mol. The van der Waals surface area contributed by atoms with E-state index in [2.05, 4.69) is 5.32 Å². The smallest absolute Gasteiger partial charge is 0.287 e. The molecule has 1 aromatic carbocycles. The van der Waals surface area contributed by atoms with Crippen LogP contribution in [0, 0.1) is 16.0 Å². The Bertz CT molecular complexity index is 507. The summed E-state index contributed by atoms with van der Waals surface area (Å²) in [6.45, 7) is 3.97. The number of rotatable bonds is 6. The van der Waals surface area contributed by atoms with Crippen LogP contribution >= 0.6 is 11.6 Å². The first-order chi connectivity index (χ1) is 9.36. The van der Waals surface area contributed by atoms with Gasteiger partial charge in [0.05, 0.1) is 11.0 Å². The van der Waals surface area contributed by atoms with Gasteiger partial charge in [0.25, 0.3) is 11.6 Å². The van der Waals surface area contributed by atoms with Crippen LogP contribution in [0.2, 0.25) is 5.02 Å². The molecule has 0 fully saturated rings. The minimum Gasteiger partial charge on any atom is -0.391 e. The summed E-state index contributed by atoms with van der Waals surface area (Å²) in [5.41, 5.74) is -0.0280. The lowest BCUT2D eigenvalue weighted by atomic mass is 10.0. The molecule has 1 amide bonds. The fourth-order valence-corrected chi connectivity index (χ4v) is 1.82. The third kappa shape index (κ3) is 4.18. The predicted molar refractivity (Wildman–Crippen MR) is 75.9 cm³/mol. The van der Waals surface area contributed by atoms with E-state index in [-0.39, 0.29) is 28.7 Å². The van der Waals surface area contributed by atoms with Crippen LogP contribution in [-0.4, -0.2) is 28.6 Å². The number of aliphatic hydroxyl groups is 1. The molecule has 2 atom stereocenters. The van der Waals surface area contributed by atoms with Gasteiger partial charge in [0.15, 0.2) is 0 Å². The van der Waals surface area contributed by atoms with Crippen LogP contribution in [0.4, 0.5) is 5.69 Å². The Kier molecular flexibility index (Phi) is 5.91. The van der Waals surface area contributed by atoms with Gasteiger partial charge in [-0.1, -0.05) is 31.9 Å². The molecule has 0 saturated carbocycles. The number of aliphatic hydroxyl groups excluding tert-OH is 1. The highest BCUT2D eigenvalue weighted by Gasteiger charge is 2.17. The number of hydrogen-bond acceptors (Lipinski definition) is 4. The Morgan fingerprint density at radius 3 is 2.70 bits per heavy atom. The summed E-state index contributed by atoms with van der Waals surface area (Å²) in [7, 11) is 0. The molecule has 0 aliphatic rings. The third-order valence-electron chi connectivity index (χ3n) is 3.18. The fraction of sp³-hybridized carbons (Fsp3) is 0.462. The van der Waals surface area contributed by atoms with E-state index in [1.807, 2.05) is 13.8 Å². The Balaban J connectivity index is 2.69. The van der Waals surface area contributed by atoms with Crippen molar-refractivity contribution in [1.82, 2.24) is 5.32 Å². The molecule has 7 heteroatoms. The van der Waals surface area contributed by atoms with Gasteiger partial charge in [0.1, 0.15) is 5.02 Å². The van der Waals surface area contributed by atoms with E-state index in [9.17, 15) is 20.0 Å². The summed E-state index contributed by atoms with van der Waals surface area (Å²) < 4.78 is 0. The molecule has 0 spiro atoms. The van der Waals surface area contributed by atoms with E-state index >= 15 is 0 Å². The van der Waals surface area contributed by atoms with Crippen molar-refractivity contribution in [1.29, 1.82) is 0 Å². The number of carbonyl (C=O) groups is 1. The quantitative estimate of drug-likeness (QED) is 0.623. The molecule has 0 radical (unpaired) electrons. The minimum atomic E-state index is -0.627. The number of halogens is 1. The molecule has 1 aromatic rings. The van der Waals surface area contributed by atoms with E-state index in [4.69, 9.17) is 11.6 Å². The molecule has 0 heterocycles. The van der Waals surface area contributed by atoms with Crippen LogP contribution in [0.15, 0.2) is 18.2 Å². The van der Waals surface area contributed by atoms with Gasteiger partial charge in [-0.15, -0.1) is 0 Å². The first-order valence-electron chi connectivity index (χ1n) is 6.27. The Labute approximate surface area is 121 Å². The second-order valence-electron chi connectivity index (χ2n) is 4.59. The van der Waals surface area contributed by atoms with Gasteiger partial charge < -0.3 is 10.4 Å². The molecular formula is C13H17ClN2O4. The van der Waals surface area contributed by atoms with Gasteiger partial charge in [-0.25, -0.2) is 0 Å². The topological polar surface area (TPSA) is 92.5 Å². The largest absolute Gasteiger partial charge is 0.391 e. The zero-order valence-corrected chi connectivity index (χ0v) is 12.1. The standard InChI is InChI=1S/C13H17ClN2O4/c1-3-8(2)12(17)7-15-13(18)9-4-5-11(16(19)20)10(14)6-9/h4-6,8,12,17H,3,7H2,1-2H3,(H,15,18)/t8-,12-/m1/s1. The lowest BCUT2D eigenvalue weighted by Gasteiger charge is -2.17. The zero-order valence-electron chi connectivity index (χ0n) is 11.3. The summed E-state index contributed by atoms with van der Waals surface area (Å²) >= 11 is 5.73. The van der Waals surface area contributed by atoms with Crippen LogP contribution in [0.5, 0.6) is 0 Å². The van der Waals surface area contributed by atoms with Gasteiger partial charge in [0, 0.05) is 18.2 Å². The SMILES string of the molecule is CC[C@@H](C)[C@H](O)CNC(=O)c1ccc([N+](=O)[O-])c(Cl)c1. The van der Waals surface area contributed by atoms with E-state index in [1.54, 1.807) is 0 Å². The Morgan fingerprint density at radius 2 is 2.20 bits per heavy atom. The monoisotopic (exact) mass is 300 g/mol. The van der Waals surface area contributed by atoms with Crippen LogP contribution in [0.25, 0.3) is 0 Å². The average Bonchev–Trinajstić information content (AvgIpc) is 2.42. The number of amides is 1. The van der Waals surface area contributed by atoms with Crippen molar-refractivity contribution < 1.29 is 14.8 Å². The maximum atomic E-state index is 11.8. The highest BCUT2D eigenvalue weighted by atomic mass is 35.5. The molecule has 0 aliphatic heterocycles. The maximum absolute atomic E-state index is 11.8. The van der Waals surface area contributed by atoms with Crippen molar-refractivity contribution >= 4 is 23.2 Å². The van der Waals surface area contributed by atoms with Crippen molar-refractivity contribution in [3.8, 4) is 0 Å². The lowest BCUT2D eigenvalue weighted by Crippen LogP contribution is -2.35. The molecule has 110 valence electrons. The van der Waals surface area contributed by atoms with Crippen molar-refractivity contribution in [3.63, 3.8) is 0 Å². The molecule has 1 rings (SSSR count). The molecule has 6 nitrogen and oxygen atoms in total. The van der Waals surface area contributed by atoms with Gasteiger partial charge in [-0.2, -0.15) is 0 Å². The van der Waals surface area contributed by atoms with E-state index < -0.39 is 16.9 Å². The van der Waals surface area contributed by atoms with Crippen LogP contribution in [0.3, 0.4) is 0 Å². The Morgan fingerprint density at radius 1 is 1.55 bits per heavy atom. The van der Waals surface area contributed by atoms with Crippen LogP contribution in [0.1, 0.15) is 30.6 Å². The summed E-state index contributed by atoms with van der Waals surface area (Å²) in [6.07, 6.45) is 0.179. The number of nitrogens with zero attached hydrogens (tertiary/aromatic N) is 1. The molecule has 20 heavy (non-hydrogen) atoms. The van der Waals surface area contributed by atoms with Crippen LogP contribution < -0.4 is 5.32 Å². The van der Waals surface area contributed by atoms with Gasteiger partial charge in [-0.3, -0.25) is 14.9 Å². The highest BCUT2D eigenvalue weighted by Crippen LogP contribution is 2.24. The predicted octanol–water partition coefficient (Wildman–Crippen LogP) is 2.39.